The molecule has 0 saturated carbocycles. The van der Waals surface area contributed by atoms with Gasteiger partial charge in [0.2, 0.25) is 0 Å². The second-order valence-corrected chi connectivity index (χ2v) is 3.49. The van der Waals surface area contributed by atoms with Crippen molar-refractivity contribution >= 4 is 5.69 Å². The van der Waals surface area contributed by atoms with E-state index >= 15 is 0 Å². The molecular formula is C12H20N2. The summed E-state index contributed by atoms with van der Waals surface area (Å²) in [5.74, 6) is 0. The zero-order valence-corrected chi connectivity index (χ0v) is 9.62. The minimum absolute atomic E-state index is 0.703. The molecule has 0 radical (unpaired) electrons. The average molecular weight is 192 g/mol. The number of aromatic nitrogens is 1. The minimum atomic E-state index is 0.703. The fourth-order valence-electron chi connectivity index (χ4n) is 1.53. The van der Waals surface area contributed by atoms with E-state index < -0.39 is 0 Å². The number of pyridine rings is 1. The van der Waals surface area contributed by atoms with Gasteiger partial charge in [0.15, 0.2) is 0 Å². The first-order chi connectivity index (χ1) is 6.77. The van der Waals surface area contributed by atoms with E-state index in [2.05, 4.69) is 28.9 Å². The summed E-state index contributed by atoms with van der Waals surface area (Å²) in [5, 5.41) is 0. The Bertz CT molecular complexity index is 266. The van der Waals surface area contributed by atoms with Crippen molar-refractivity contribution in [3.05, 3.63) is 24.0 Å². The Morgan fingerprint density at radius 2 is 2.07 bits per heavy atom. The molecule has 1 saturated heterocycles. The van der Waals surface area contributed by atoms with Crippen LogP contribution >= 0.6 is 0 Å². The summed E-state index contributed by atoms with van der Waals surface area (Å²) in [4.78, 5) is 6.66. The number of aryl methyl sites for hydroxylation is 1. The molecule has 0 spiro atoms. The highest BCUT2D eigenvalue weighted by Crippen LogP contribution is 2.24. The molecule has 1 atom stereocenters. The van der Waals surface area contributed by atoms with Crippen LogP contribution in [-0.2, 0) is 0 Å². The Hall–Kier alpha value is -1.05. The standard InChI is InChI=1S/C10H14N2.C2H6/c1-8-3-4-10(7-11-8)12-6-5-9(12)2;1-2/h3-4,7,9H,5-6H2,1-2H3;1-2H3. The van der Waals surface area contributed by atoms with E-state index in [0.29, 0.717) is 6.04 Å². The van der Waals surface area contributed by atoms with Crippen molar-refractivity contribution in [3.63, 3.8) is 0 Å². The van der Waals surface area contributed by atoms with Crippen molar-refractivity contribution in [2.24, 2.45) is 0 Å². The third kappa shape index (κ3) is 2.25. The SMILES string of the molecule is CC.Cc1ccc(N2CCC2C)cn1. The Kier molecular flexibility index (Phi) is 3.93. The van der Waals surface area contributed by atoms with Crippen LogP contribution in [0, 0.1) is 6.92 Å². The molecule has 0 amide bonds. The number of hydrogen-bond donors (Lipinski definition) is 0. The molecule has 1 aliphatic heterocycles. The zero-order valence-electron chi connectivity index (χ0n) is 9.62. The van der Waals surface area contributed by atoms with Crippen molar-refractivity contribution in [1.82, 2.24) is 4.98 Å². The molecule has 2 nitrogen and oxygen atoms in total. The molecule has 1 aromatic heterocycles. The van der Waals surface area contributed by atoms with Crippen molar-refractivity contribution < 1.29 is 0 Å². The van der Waals surface area contributed by atoms with Gasteiger partial charge in [0.05, 0.1) is 11.9 Å². The van der Waals surface area contributed by atoms with Gasteiger partial charge in [0.1, 0.15) is 0 Å². The maximum Gasteiger partial charge on any atom is 0.0555 e. The lowest BCUT2D eigenvalue weighted by molar-refractivity contribution is 0.481. The predicted octanol–water partition coefficient (Wildman–Crippen LogP) is 3.01. The Balaban J connectivity index is 0.000000461. The van der Waals surface area contributed by atoms with Crippen LogP contribution in [0.5, 0.6) is 0 Å². The number of nitrogens with zero attached hydrogens (tertiary/aromatic N) is 2. The summed E-state index contributed by atoms with van der Waals surface area (Å²) in [5.41, 5.74) is 2.35. The molecule has 2 heterocycles. The highest BCUT2D eigenvalue weighted by molar-refractivity contribution is 5.47. The van der Waals surface area contributed by atoms with Crippen LogP contribution in [0.25, 0.3) is 0 Å². The fraction of sp³-hybridized carbons (Fsp3) is 0.583. The van der Waals surface area contributed by atoms with Crippen LogP contribution in [0.15, 0.2) is 18.3 Å². The fourth-order valence-corrected chi connectivity index (χ4v) is 1.53. The van der Waals surface area contributed by atoms with Crippen molar-refractivity contribution in [2.75, 3.05) is 11.4 Å². The van der Waals surface area contributed by atoms with Gasteiger partial charge in [-0.1, -0.05) is 13.8 Å². The highest BCUT2D eigenvalue weighted by atomic mass is 15.2. The molecular weight excluding hydrogens is 172 g/mol. The normalized spacial score (nSPS) is 19.4. The quantitative estimate of drug-likeness (QED) is 0.680. The first kappa shape index (κ1) is 11.0. The molecule has 0 aliphatic carbocycles. The third-order valence-electron chi connectivity index (χ3n) is 2.55. The smallest absolute Gasteiger partial charge is 0.0555 e. The molecule has 2 heteroatoms. The minimum Gasteiger partial charge on any atom is -0.367 e. The molecule has 2 rings (SSSR count). The van der Waals surface area contributed by atoms with Crippen LogP contribution < -0.4 is 4.90 Å². The van der Waals surface area contributed by atoms with E-state index in [1.165, 1.54) is 18.7 Å². The molecule has 1 aliphatic rings. The molecule has 1 fully saturated rings. The summed E-state index contributed by atoms with van der Waals surface area (Å²) in [6.45, 7) is 9.46. The van der Waals surface area contributed by atoms with E-state index in [1.807, 2.05) is 27.0 Å². The summed E-state index contributed by atoms with van der Waals surface area (Å²) in [6, 6.07) is 4.92. The summed E-state index contributed by atoms with van der Waals surface area (Å²) >= 11 is 0. The van der Waals surface area contributed by atoms with E-state index in [9.17, 15) is 0 Å². The van der Waals surface area contributed by atoms with Gasteiger partial charge in [-0.3, -0.25) is 4.98 Å². The summed E-state index contributed by atoms with van der Waals surface area (Å²) < 4.78 is 0. The molecule has 0 bridgehead atoms. The maximum absolute atomic E-state index is 4.27. The molecule has 14 heavy (non-hydrogen) atoms. The van der Waals surface area contributed by atoms with E-state index in [4.69, 9.17) is 0 Å². The number of rotatable bonds is 1. The van der Waals surface area contributed by atoms with Crippen LogP contribution in [0.2, 0.25) is 0 Å². The van der Waals surface area contributed by atoms with Crippen LogP contribution in [0.1, 0.15) is 32.9 Å². The van der Waals surface area contributed by atoms with Crippen molar-refractivity contribution in [1.29, 1.82) is 0 Å². The lowest BCUT2D eigenvalue weighted by Gasteiger charge is -2.40. The lowest BCUT2D eigenvalue weighted by Crippen LogP contribution is -2.45. The zero-order chi connectivity index (χ0) is 10.6. The van der Waals surface area contributed by atoms with Crippen LogP contribution in [0.4, 0.5) is 5.69 Å². The molecule has 78 valence electrons. The van der Waals surface area contributed by atoms with Gasteiger partial charge in [-0.25, -0.2) is 0 Å². The van der Waals surface area contributed by atoms with Gasteiger partial charge >= 0.3 is 0 Å². The van der Waals surface area contributed by atoms with E-state index in [1.54, 1.807) is 0 Å². The van der Waals surface area contributed by atoms with Gasteiger partial charge in [0, 0.05) is 18.3 Å². The third-order valence-corrected chi connectivity index (χ3v) is 2.55. The lowest BCUT2D eigenvalue weighted by atomic mass is 10.0. The second kappa shape index (κ2) is 4.99. The predicted molar refractivity (Wildman–Crippen MR) is 61.7 cm³/mol. The van der Waals surface area contributed by atoms with E-state index in [0.717, 1.165) is 5.69 Å². The van der Waals surface area contributed by atoms with Gasteiger partial charge in [-0.2, -0.15) is 0 Å². The van der Waals surface area contributed by atoms with Gasteiger partial charge in [-0.05, 0) is 32.4 Å². The monoisotopic (exact) mass is 192 g/mol. The molecule has 1 unspecified atom stereocenters. The van der Waals surface area contributed by atoms with Gasteiger partial charge in [-0.15, -0.1) is 0 Å². The van der Waals surface area contributed by atoms with Crippen LogP contribution in [-0.4, -0.2) is 17.6 Å². The maximum atomic E-state index is 4.27. The number of anilines is 1. The van der Waals surface area contributed by atoms with Gasteiger partial charge in [0.25, 0.3) is 0 Å². The van der Waals surface area contributed by atoms with E-state index in [-0.39, 0.29) is 0 Å². The summed E-state index contributed by atoms with van der Waals surface area (Å²) in [6.07, 6.45) is 3.28. The molecule has 1 aromatic rings. The Labute approximate surface area is 87.0 Å². The topological polar surface area (TPSA) is 16.1 Å². The van der Waals surface area contributed by atoms with Gasteiger partial charge < -0.3 is 4.90 Å². The summed E-state index contributed by atoms with van der Waals surface area (Å²) in [7, 11) is 0. The first-order valence-corrected chi connectivity index (χ1v) is 5.46. The van der Waals surface area contributed by atoms with Crippen molar-refractivity contribution in [3.8, 4) is 0 Å². The molecule has 0 aromatic carbocycles. The molecule has 0 N–H and O–H groups in total. The Morgan fingerprint density at radius 1 is 1.36 bits per heavy atom. The largest absolute Gasteiger partial charge is 0.367 e. The highest BCUT2D eigenvalue weighted by Gasteiger charge is 2.23. The second-order valence-electron chi connectivity index (χ2n) is 3.49. The Morgan fingerprint density at radius 3 is 2.43 bits per heavy atom. The van der Waals surface area contributed by atoms with Crippen LogP contribution in [0.3, 0.4) is 0 Å². The number of hydrogen-bond acceptors (Lipinski definition) is 2. The first-order valence-electron chi connectivity index (χ1n) is 5.46. The van der Waals surface area contributed by atoms with Crippen molar-refractivity contribution in [2.45, 2.75) is 40.2 Å². The average Bonchev–Trinajstić information content (AvgIpc) is 2.22.